The summed E-state index contributed by atoms with van der Waals surface area (Å²) in [5, 5.41) is 0.593. The third-order valence-electron chi connectivity index (χ3n) is 5.31. The topological polar surface area (TPSA) is 34.0 Å². The third kappa shape index (κ3) is 3.29. The molecule has 130 valence electrons. The standard InChI is InChI=1S/C20H23ClN4/c1-14-5-3-7-17-20(14)23-19(24(17)2)13-25-11-9-15(10-12-25)16-6-4-8-18(21)22-16/h3-8,15H,9-13H2,1-2H3. The molecule has 4 nitrogen and oxygen atoms in total. The fourth-order valence-electron chi connectivity index (χ4n) is 3.78. The van der Waals surface area contributed by atoms with Crippen LogP contribution < -0.4 is 0 Å². The van der Waals surface area contributed by atoms with Crippen molar-refractivity contribution in [1.82, 2.24) is 19.4 Å². The molecule has 0 spiro atoms. The van der Waals surface area contributed by atoms with Gasteiger partial charge in [-0.25, -0.2) is 9.97 Å². The molecule has 0 radical (unpaired) electrons. The average Bonchev–Trinajstić information content (AvgIpc) is 2.93. The van der Waals surface area contributed by atoms with Crippen LogP contribution in [0.2, 0.25) is 5.15 Å². The maximum Gasteiger partial charge on any atom is 0.129 e. The SMILES string of the molecule is Cc1cccc2c1nc(CN1CCC(c3cccc(Cl)n3)CC1)n2C. The van der Waals surface area contributed by atoms with Gasteiger partial charge in [0.25, 0.3) is 0 Å². The van der Waals surface area contributed by atoms with Crippen LogP contribution in [0.25, 0.3) is 11.0 Å². The van der Waals surface area contributed by atoms with Gasteiger partial charge in [-0.15, -0.1) is 0 Å². The molecule has 1 aliphatic rings. The van der Waals surface area contributed by atoms with E-state index in [0.29, 0.717) is 11.1 Å². The van der Waals surface area contributed by atoms with Gasteiger partial charge in [-0.3, -0.25) is 4.90 Å². The average molecular weight is 355 g/mol. The van der Waals surface area contributed by atoms with Crippen LogP contribution in [0.1, 0.15) is 35.8 Å². The van der Waals surface area contributed by atoms with Crippen LogP contribution >= 0.6 is 11.6 Å². The molecule has 0 amide bonds. The Bertz CT molecular complexity index is 894. The van der Waals surface area contributed by atoms with Crippen molar-refractivity contribution in [3.8, 4) is 0 Å². The van der Waals surface area contributed by atoms with E-state index in [1.54, 1.807) is 0 Å². The Labute approximate surface area is 153 Å². The van der Waals surface area contributed by atoms with E-state index < -0.39 is 0 Å². The number of pyridine rings is 1. The summed E-state index contributed by atoms with van der Waals surface area (Å²) in [7, 11) is 2.12. The van der Waals surface area contributed by atoms with Gasteiger partial charge in [0, 0.05) is 18.7 Å². The maximum atomic E-state index is 6.04. The zero-order valence-corrected chi connectivity index (χ0v) is 15.5. The monoisotopic (exact) mass is 354 g/mol. The van der Waals surface area contributed by atoms with Crippen molar-refractivity contribution in [2.45, 2.75) is 32.2 Å². The molecule has 1 saturated heterocycles. The molecule has 3 aromatic rings. The highest BCUT2D eigenvalue weighted by molar-refractivity contribution is 6.29. The smallest absolute Gasteiger partial charge is 0.129 e. The molecule has 3 heterocycles. The summed E-state index contributed by atoms with van der Waals surface area (Å²) in [6.07, 6.45) is 2.24. The van der Waals surface area contributed by atoms with Gasteiger partial charge < -0.3 is 4.57 Å². The van der Waals surface area contributed by atoms with Crippen LogP contribution in [0.4, 0.5) is 0 Å². The molecule has 25 heavy (non-hydrogen) atoms. The van der Waals surface area contributed by atoms with E-state index in [-0.39, 0.29) is 0 Å². The van der Waals surface area contributed by atoms with Crippen LogP contribution in [-0.2, 0) is 13.6 Å². The Morgan fingerprint density at radius 3 is 2.56 bits per heavy atom. The lowest BCUT2D eigenvalue weighted by Gasteiger charge is -2.31. The molecule has 0 bridgehead atoms. The Morgan fingerprint density at radius 1 is 1.08 bits per heavy atom. The van der Waals surface area contributed by atoms with E-state index in [1.807, 2.05) is 12.1 Å². The lowest BCUT2D eigenvalue weighted by Crippen LogP contribution is -2.33. The molecule has 1 aromatic carbocycles. The summed E-state index contributed by atoms with van der Waals surface area (Å²) >= 11 is 6.04. The van der Waals surface area contributed by atoms with Gasteiger partial charge in [0.15, 0.2) is 0 Å². The number of hydrogen-bond donors (Lipinski definition) is 0. The largest absolute Gasteiger partial charge is 0.330 e. The molecule has 0 atom stereocenters. The number of aromatic nitrogens is 3. The lowest BCUT2D eigenvalue weighted by molar-refractivity contribution is 0.197. The van der Waals surface area contributed by atoms with E-state index in [1.165, 1.54) is 11.1 Å². The second kappa shape index (κ2) is 6.77. The first kappa shape index (κ1) is 16.6. The number of piperidine rings is 1. The Balaban J connectivity index is 1.45. The number of hydrogen-bond acceptors (Lipinski definition) is 3. The fourth-order valence-corrected chi connectivity index (χ4v) is 3.95. The summed E-state index contributed by atoms with van der Waals surface area (Å²) < 4.78 is 2.23. The van der Waals surface area contributed by atoms with Gasteiger partial charge in [0.2, 0.25) is 0 Å². The van der Waals surface area contributed by atoms with Crippen molar-refractivity contribution in [1.29, 1.82) is 0 Å². The summed E-state index contributed by atoms with van der Waals surface area (Å²) in [4.78, 5) is 11.9. The predicted molar refractivity (Wildman–Crippen MR) is 102 cm³/mol. The van der Waals surface area contributed by atoms with Gasteiger partial charge in [-0.1, -0.05) is 29.8 Å². The van der Waals surface area contributed by atoms with Crippen molar-refractivity contribution in [2.24, 2.45) is 7.05 Å². The maximum absolute atomic E-state index is 6.04. The Morgan fingerprint density at radius 2 is 1.84 bits per heavy atom. The second-order valence-corrected chi connectivity index (χ2v) is 7.35. The zero-order valence-electron chi connectivity index (χ0n) is 14.7. The fraction of sp³-hybridized carbons (Fsp3) is 0.400. The molecule has 5 heteroatoms. The van der Waals surface area contributed by atoms with Crippen molar-refractivity contribution in [2.75, 3.05) is 13.1 Å². The molecular weight excluding hydrogens is 332 g/mol. The number of nitrogens with zero attached hydrogens (tertiary/aromatic N) is 4. The number of benzene rings is 1. The predicted octanol–water partition coefficient (Wildman–Crippen LogP) is 4.31. The molecule has 1 aliphatic heterocycles. The number of rotatable bonds is 3. The minimum atomic E-state index is 0.512. The lowest BCUT2D eigenvalue weighted by atomic mass is 9.93. The highest BCUT2D eigenvalue weighted by Crippen LogP contribution is 2.28. The van der Waals surface area contributed by atoms with Crippen molar-refractivity contribution in [3.05, 3.63) is 58.6 Å². The quantitative estimate of drug-likeness (QED) is 0.657. The number of halogens is 1. The minimum Gasteiger partial charge on any atom is -0.330 e. The van der Waals surface area contributed by atoms with E-state index in [9.17, 15) is 0 Å². The van der Waals surface area contributed by atoms with Crippen molar-refractivity contribution < 1.29 is 0 Å². The molecule has 0 aliphatic carbocycles. The molecule has 0 unspecified atom stereocenters. The molecule has 1 fully saturated rings. The second-order valence-electron chi connectivity index (χ2n) is 6.97. The number of fused-ring (bicyclic) bond motifs is 1. The normalized spacial score (nSPS) is 16.6. The van der Waals surface area contributed by atoms with Gasteiger partial charge in [-0.2, -0.15) is 0 Å². The van der Waals surface area contributed by atoms with E-state index in [4.69, 9.17) is 16.6 Å². The summed E-state index contributed by atoms with van der Waals surface area (Å²) in [5.74, 6) is 1.65. The highest BCUT2D eigenvalue weighted by Gasteiger charge is 2.23. The number of likely N-dealkylation sites (tertiary alicyclic amines) is 1. The number of para-hydroxylation sites is 1. The summed E-state index contributed by atoms with van der Waals surface area (Å²) in [6, 6.07) is 12.3. The first-order chi connectivity index (χ1) is 12.1. The van der Waals surface area contributed by atoms with Crippen LogP contribution in [0, 0.1) is 6.92 Å². The van der Waals surface area contributed by atoms with Crippen LogP contribution in [0.5, 0.6) is 0 Å². The Kier molecular flexibility index (Phi) is 4.48. The number of aryl methyl sites for hydroxylation is 2. The number of imidazole rings is 1. The van der Waals surface area contributed by atoms with E-state index in [0.717, 1.165) is 49.5 Å². The molecular formula is C20H23ClN4. The van der Waals surface area contributed by atoms with Crippen molar-refractivity contribution >= 4 is 22.6 Å². The van der Waals surface area contributed by atoms with E-state index >= 15 is 0 Å². The Hall–Kier alpha value is -1.91. The van der Waals surface area contributed by atoms with Crippen LogP contribution in [0.15, 0.2) is 36.4 Å². The van der Waals surface area contributed by atoms with Gasteiger partial charge in [-0.05, 0) is 56.6 Å². The van der Waals surface area contributed by atoms with Gasteiger partial charge >= 0.3 is 0 Å². The molecule has 4 rings (SSSR count). The summed E-state index contributed by atoms with van der Waals surface area (Å²) in [5.41, 5.74) is 4.71. The summed E-state index contributed by atoms with van der Waals surface area (Å²) in [6.45, 7) is 5.17. The molecule has 2 aromatic heterocycles. The van der Waals surface area contributed by atoms with Gasteiger partial charge in [0.1, 0.15) is 11.0 Å². The van der Waals surface area contributed by atoms with Gasteiger partial charge in [0.05, 0.1) is 17.6 Å². The van der Waals surface area contributed by atoms with Crippen molar-refractivity contribution in [3.63, 3.8) is 0 Å². The first-order valence-corrected chi connectivity index (χ1v) is 9.25. The molecule has 0 N–H and O–H groups in total. The zero-order chi connectivity index (χ0) is 17.4. The van der Waals surface area contributed by atoms with E-state index in [2.05, 4.69) is 52.7 Å². The first-order valence-electron chi connectivity index (χ1n) is 8.87. The third-order valence-corrected chi connectivity index (χ3v) is 5.52. The van der Waals surface area contributed by atoms with Crippen LogP contribution in [0.3, 0.4) is 0 Å². The molecule has 0 saturated carbocycles. The van der Waals surface area contributed by atoms with Crippen LogP contribution in [-0.4, -0.2) is 32.5 Å². The minimum absolute atomic E-state index is 0.512. The highest BCUT2D eigenvalue weighted by atomic mass is 35.5.